The molecule has 0 bridgehead atoms. The van der Waals surface area contributed by atoms with Gasteiger partial charge in [-0.1, -0.05) is 0 Å². The van der Waals surface area contributed by atoms with Crippen molar-refractivity contribution in [2.24, 2.45) is 0 Å². The van der Waals surface area contributed by atoms with Crippen molar-refractivity contribution in [1.29, 1.82) is 0 Å². The van der Waals surface area contributed by atoms with Crippen molar-refractivity contribution in [3.8, 4) is 0 Å². The number of nitrogens with zero attached hydrogens (tertiary/aromatic N) is 1. The Hall–Kier alpha value is -0.310. The van der Waals surface area contributed by atoms with Crippen LogP contribution in [0.25, 0.3) is 0 Å². The summed E-state index contributed by atoms with van der Waals surface area (Å²) in [4.78, 5) is 14.2. The summed E-state index contributed by atoms with van der Waals surface area (Å²) in [5, 5.41) is 8.70. The molecule has 76 valence electrons. The first-order chi connectivity index (χ1) is 6.43. The van der Waals surface area contributed by atoms with E-state index in [1.807, 2.05) is 0 Å². The number of carboxylic acid groups (broad SMARTS) is 1. The van der Waals surface area contributed by atoms with Crippen LogP contribution >= 0.6 is 38.5 Å². The first kappa shape index (κ1) is 11.8. The van der Waals surface area contributed by atoms with E-state index in [1.165, 1.54) is 0 Å². The third kappa shape index (κ3) is 2.38. The largest absolute Gasteiger partial charge is 0.478 e. The van der Waals surface area contributed by atoms with Crippen molar-refractivity contribution in [3.05, 3.63) is 25.5 Å². The Morgan fingerprint density at radius 1 is 1.64 bits per heavy atom. The van der Waals surface area contributed by atoms with Crippen molar-refractivity contribution < 1.29 is 18.7 Å². The van der Waals surface area contributed by atoms with Crippen LogP contribution in [0.15, 0.2) is 10.7 Å². The van der Waals surface area contributed by atoms with Crippen LogP contribution in [0.5, 0.6) is 0 Å². The summed E-state index contributed by atoms with van der Waals surface area (Å²) in [5.41, 5.74) is -0.725. The summed E-state index contributed by atoms with van der Waals surface area (Å²) in [6.45, 7) is 0. The fraction of sp³-hybridized carbons (Fsp3) is 0.143. The van der Waals surface area contributed by atoms with Gasteiger partial charge in [-0.2, -0.15) is 0 Å². The number of pyridine rings is 1. The molecule has 0 aliphatic heterocycles. The third-order valence-electron chi connectivity index (χ3n) is 1.39. The molecule has 7 heteroatoms. The molecular formula is C7H3BrF2INO2. The van der Waals surface area contributed by atoms with E-state index in [4.69, 9.17) is 5.11 Å². The van der Waals surface area contributed by atoms with Gasteiger partial charge in [-0.25, -0.2) is 18.6 Å². The van der Waals surface area contributed by atoms with E-state index in [2.05, 4.69) is 20.9 Å². The molecule has 0 radical (unpaired) electrons. The number of rotatable bonds is 2. The highest BCUT2D eigenvalue weighted by Crippen LogP contribution is 2.26. The number of carbonyl (C=O) groups is 1. The summed E-state index contributed by atoms with van der Waals surface area (Å²) in [6, 6.07) is 0.875. The topological polar surface area (TPSA) is 50.2 Å². The fourth-order valence-electron chi connectivity index (χ4n) is 0.784. The van der Waals surface area contributed by atoms with Crippen LogP contribution in [0, 0.1) is 3.57 Å². The molecule has 14 heavy (non-hydrogen) atoms. The average Bonchev–Trinajstić information content (AvgIpc) is 2.08. The minimum Gasteiger partial charge on any atom is -0.478 e. The Morgan fingerprint density at radius 2 is 2.21 bits per heavy atom. The minimum atomic E-state index is -2.78. The molecule has 0 spiro atoms. The zero-order valence-electron chi connectivity index (χ0n) is 6.47. The molecule has 0 amide bonds. The summed E-state index contributed by atoms with van der Waals surface area (Å²) < 4.78 is 24.9. The molecule has 0 aliphatic rings. The van der Waals surface area contributed by atoms with E-state index in [0.29, 0.717) is 3.57 Å². The van der Waals surface area contributed by atoms with Gasteiger partial charge in [0.1, 0.15) is 10.3 Å². The van der Waals surface area contributed by atoms with Crippen LogP contribution in [0.4, 0.5) is 8.78 Å². The molecule has 0 saturated carbocycles. The molecule has 0 fully saturated rings. The lowest BCUT2D eigenvalue weighted by molar-refractivity contribution is 0.0694. The normalized spacial score (nSPS) is 10.6. The van der Waals surface area contributed by atoms with Crippen LogP contribution < -0.4 is 0 Å². The van der Waals surface area contributed by atoms with Gasteiger partial charge in [-0.3, -0.25) is 0 Å². The fourth-order valence-corrected chi connectivity index (χ4v) is 1.71. The molecule has 0 saturated heterocycles. The van der Waals surface area contributed by atoms with Crippen molar-refractivity contribution in [2.75, 3.05) is 0 Å². The summed E-state index contributed by atoms with van der Waals surface area (Å²) >= 11 is 4.64. The third-order valence-corrected chi connectivity index (χ3v) is 3.80. The maximum Gasteiger partial charge on any atom is 0.336 e. The number of alkyl halides is 2. The van der Waals surface area contributed by atoms with Crippen molar-refractivity contribution >= 4 is 44.5 Å². The number of halogens is 4. The van der Waals surface area contributed by atoms with Gasteiger partial charge in [0.05, 0.1) is 9.13 Å². The Bertz CT molecular complexity index is 386. The Kier molecular flexibility index (Phi) is 3.76. The maximum atomic E-state index is 12.2. The second kappa shape index (κ2) is 4.47. The zero-order chi connectivity index (χ0) is 10.9. The molecule has 1 rings (SSSR count). The van der Waals surface area contributed by atoms with Crippen molar-refractivity contribution in [1.82, 2.24) is 4.98 Å². The second-order valence-corrected chi connectivity index (χ2v) is 4.14. The van der Waals surface area contributed by atoms with Crippen LogP contribution in [-0.4, -0.2) is 16.1 Å². The molecule has 1 aromatic heterocycles. The lowest BCUT2D eigenvalue weighted by Crippen LogP contribution is -2.04. The number of aromatic carboxylic acids is 1. The first-order valence-electron chi connectivity index (χ1n) is 3.31. The van der Waals surface area contributed by atoms with E-state index in [-0.39, 0.29) is 10.2 Å². The van der Waals surface area contributed by atoms with Gasteiger partial charge in [0.25, 0.3) is 6.43 Å². The highest BCUT2D eigenvalue weighted by molar-refractivity contribution is 14.1. The van der Waals surface area contributed by atoms with Gasteiger partial charge in [0.2, 0.25) is 0 Å². The van der Waals surface area contributed by atoms with E-state index in [0.717, 1.165) is 6.07 Å². The van der Waals surface area contributed by atoms with E-state index in [1.54, 1.807) is 22.6 Å². The molecular weight excluding hydrogens is 375 g/mol. The molecule has 0 unspecified atom stereocenters. The van der Waals surface area contributed by atoms with Crippen molar-refractivity contribution in [2.45, 2.75) is 6.43 Å². The zero-order valence-corrected chi connectivity index (χ0v) is 10.2. The number of hydrogen-bond donors (Lipinski definition) is 1. The molecule has 1 aromatic rings. The highest BCUT2D eigenvalue weighted by Gasteiger charge is 2.18. The summed E-state index contributed by atoms with van der Waals surface area (Å²) in [7, 11) is 0. The predicted octanol–water partition coefficient (Wildman–Crippen LogP) is 3.08. The van der Waals surface area contributed by atoms with Gasteiger partial charge < -0.3 is 5.11 Å². The van der Waals surface area contributed by atoms with E-state index in [9.17, 15) is 13.6 Å². The lowest BCUT2D eigenvalue weighted by Gasteiger charge is -2.04. The highest BCUT2D eigenvalue weighted by atomic mass is 127. The second-order valence-electron chi connectivity index (χ2n) is 2.31. The summed E-state index contributed by atoms with van der Waals surface area (Å²) in [5.74, 6) is -1.25. The van der Waals surface area contributed by atoms with Gasteiger partial charge in [-0.05, 0) is 44.6 Å². The molecule has 0 atom stereocenters. The van der Waals surface area contributed by atoms with Crippen LogP contribution in [0.1, 0.15) is 22.5 Å². The number of carboxylic acids is 1. The number of aromatic nitrogens is 1. The molecule has 1 heterocycles. The smallest absolute Gasteiger partial charge is 0.336 e. The molecule has 0 aliphatic carbocycles. The Morgan fingerprint density at radius 3 is 2.64 bits per heavy atom. The van der Waals surface area contributed by atoms with E-state index >= 15 is 0 Å². The monoisotopic (exact) mass is 377 g/mol. The van der Waals surface area contributed by atoms with Gasteiger partial charge in [0.15, 0.2) is 0 Å². The van der Waals surface area contributed by atoms with Crippen LogP contribution in [-0.2, 0) is 0 Å². The van der Waals surface area contributed by atoms with Gasteiger partial charge in [-0.15, -0.1) is 0 Å². The van der Waals surface area contributed by atoms with E-state index < -0.39 is 18.1 Å². The summed E-state index contributed by atoms with van der Waals surface area (Å²) in [6.07, 6.45) is -2.78. The standard InChI is InChI=1S/C7H3BrF2INO2/c8-5-4(11)2(7(13)14)1-3(12-5)6(9)10/h1,6H,(H,13,14). The SMILES string of the molecule is O=C(O)c1cc(C(F)F)nc(Br)c1I. The molecule has 0 aromatic carbocycles. The molecule has 1 N–H and O–H groups in total. The van der Waals surface area contributed by atoms with Crippen LogP contribution in [0.3, 0.4) is 0 Å². The lowest BCUT2D eigenvalue weighted by atomic mass is 10.2. The quantitative estimate of drug-likeness (QED) is 0.636. The average molecular weight is 378 g/mol. The van der Waals surface area contributed by atoms with Crippen molar-refractivity contribution in [3.63, 3.8) is 0 Å². The number of hydrogen-bond acceptors (Lipinski definition) is 2. The predicted molar refractivity (Wildman–Crippen MR) is 56.6 cm³/mol. The minimum absolute atomic E-state index is 0.119. The van der Waals surface area contributed by atoms with Crippen LogP contribution in [0.2, 0.25) is 0 Å². The maximum absolute atomic E-state index is 12.2. The Balaban J connectivity index is 3.35. The van der Waals surface area contributed by atoms with Gasteiger partial charge >= 0.3 is 5.97 Å². The van der Waals surface area contributed by atoms with Gasteiger partial charge in [0, 0.05) is 0 Å². The first-order valence-corrected chi connectivity index (χ1v) is 5.18. The Labute approximate surface area is 99.8 Å². The molecule has 3 nitrogen and oxygen atoms in total.